The lowest BCUT2D eigenvalue weighted by Gasteiger charge is -2.18. The van der Waals surface area contributed by atoms with Crippen LogP contribution in [0.5, 0.6) is 5.75 Å². The van der Waals surface area contributed by atoms with Crippen LogP contribution in [-0.2, 0) is 13.1 Å². The zero-order valence-electron chi connectivity index (χ0n) is 20.0. The Balaban J connectivity index is 1.77. The normalized spacial score (nSPS) is 11.4. The number of ether oxygens (including phenoxy) is 1. The van der Waals surface area contributed by atoms with Gasteiger partial charge in [-0.2, -0.15) is 0 Å². The van der Waals surface area contributed by atoms with E-state index < -0.39 is 0 Å². The SMILES string of the molecule is CCN(CC)CCOc1ccc(CNC(=NC)NCc2ccc(C(=O)N(C)C)cc2)cc1. The summed E-state index contributed by atoms with van der Waals surface area (Å²) in [6.45, 7) is 9.33. The van der Waals surface area contributed by atoms with E-state index in [0.717, 1.165) is 42.5 Å². The van der Waals surface area contributed by atoms with Crippen LogP contribution in [0.2, 0.25) is 0 Å². The molecular weight excluding hydrogens is 402 g/mol. The van der Waals surface area contributed by atoms with Crippen molar-refractivity contribution in [3.05, 3.63) is 65.2 Å². The van der Waals surface area contributed by atoms with Crippen molar-refractivity contribution in [2.45, 2.75) is 26.9 Å². The van der Waals surface area contributed by atoms with Crippen molar-refractivity contribution in [3.63, 3.8) is 0 Å². The highest BCUT2D eigenvalue weighted by molar-refractivity contribution is 5.93. The number of nitrogens with zero attached hydrogens (tertiary/aromatic N) is 3. The Morgan fingerprint density at radius 2 is 1.44 bits per heavy atom. The van der Waals surface area contributed by atoms with E-state index in [-0.39, 0.29) is 5.91 Å². The van der Waals surface area contributed by atoms with Crippen LogP contribution in [0.15, 0.2) is 53.5 Å². The highest BCUT2D eigenvalue weighted by Crippen LogP contribution is 2.12. The topological polar surface area (TPSA) is 69.2 Å². The molecule has 0 radical (unpaired) electrons. The summed E-state index contributed by atoms with van der Waals surface area (Å²) in [6.07, 6.45) is 0. The molecule has 1 amide bonds. The van der Waals surface area contributed by atoms with Gasteiger partial charge in [0.15, 0.2) is 5.96 Å². The maximum Gasteiger partial charge on any atom is 0.253 e. The monoisotopic (exact) mass is 439 g/mol. The first-order chi connectivity index (χ1) is 15.5. The molecule has 0 aliphatic rings. The second-order valence-corrected chi connectivity index (χ2v) is 7.70. The fraction of sp³-hybridized carbons (Fsp3) is 0.440. The van der Waals surface area contributed by atoms with Crippen LogP contribution in [0.1, 0.15) is 35.3 Å². The quantitative estimate of drug-likeness (QED) is 0.416. The number of rotatable bonds is 11. The van der Waals surface area contributed by atoms with Crippen molar-refractivity contribution >= 4 is 11.9 Å². The van der Waals surface area contributed by atoms with Crippen molar-refractivity contribution in [2.24, 2.45) is 4.99 Å². The van der Waals surface area contributed by atoms with E-state index in [9.17, 15) is 4.79 Å². The van der Waals surface area contributed by atoms with Crippen molar-refractivity contribution in [3.8, 4) is 5.75 Å². The van der Waals surface area contributed by atoms with E-state index >= 15 is 0 Å². The summed E-state index contributed by atoms with van der Waals surface area (Å²) in [4.78, 5) is 20.2. The second-order valence-electron chi connectivity index (χ2n) is 7.70. The van der Waals surface area contributed by atoms with Gasteiger partial charge in [-0.1, -0.05) is 38.1 Å². The molecule has 0 aliphatic carbocycles. The standard InChI is InChI=1S/C25H37N5O2/c1-6-30(7-2)16-17-32-23-14-10-21(11-15-23)19-28-25(26-3)27-18-20-8-12-22(13-9-20)24(31)29(4)5/h8-15H,6-7,16-19H2,1-5H3,(H2,26,27,28). The fourth-order valence-electron chi connectivity index (χ4n) is 3.15. The van der Waals surface area contributed by atoms with Crippen LogP contribution in [0, 0.1) is 0 Å². The number of guanidine groups is 1. The Morgan fingerprint density at radius 3 is 1.91 bits per heavy atom. The molecule has 0 aliphatic heterocycles. The van der Waals surface area contributed by atoms with Gasteiger partial charge in [-0.25, -0.2) is 0 Å². The maximum atomic E-state index is 12.0. The summed E-state index contributed by atoms with van der Waals surface area (Å²) in [7, 11) is 5.25. The maximum absolute atomic E-state index is 12.0. The summed E-state index contributed by atoms with van der Waals surface area (Å²) in [6, 6.07) is 15.7. The van der Waals surface area contributed by atoms with E-state index in [4.69, 9.17) is 4.74 Å². The third kappa shape index (κ3) is 8.23. The third-order valence-corrected chi connectivity index (χ3v) is 5.24. The van der Waals surface area contributed by atoms with Gasteiger partial charge in [0.2, 0.25) is 0 Å². The number of carbonyl (C=O) groups excluding carboxylic acids is 1. The van der Waals surface area contributed by atoms with E-state index in [1.807, 2.05) is 36.4 Å². The van der Waals surface area contributed by atoms with E-state index in [1.165, 1.54) is 0 Å². The number of aliphatic imine (C=N–C) groups is 1. The Bertz CT molecular complexity index is 844. The van der Waals surface area contributed by atoms with Crippen LogP contribution in [0.4, 0.5) is 0 Å². The van der Waals surface area contributed by atoms with Crippen LogP contribution < -0.4 is 15.4 Å². The molecule has 7 heteroatoms. The minimum absolute atomic E-state index is 0.00213. The van der Waals surface area contributed by atoms with Crippen molar-refractivity contribution < 1.29 is 9.53 Å². The number of benzene rings is 2. The van der Waals surface area contributed by atoms with Gasteiger partial charge in [-0.15, -0.1) is 0 Å². The Kier molecular flexibility index (Phi) is 10.5. The first-order valence-corrected chi connectivity index (χ1v) is 11.2. The Labute approximate surface area is 192 Å². The molecule has 0 heterocycles. The molecule has 0 saturated carbocycles. The molecule has 174 valence electrons. The molecule has 0 unspecified atom stereocenters. The van der Waals surface area contributed by atoms with E-state index in [0.29, 0.717) is 25.3 Å². The van der Waals surface area contributed by atoms with Crippen LogP contribution in [-0.4, -0.2) is 69.1 Å². The molecule has 0 atom stereocenters. The highest BCUT2D eigenvalue weighted by atomic mass is 16.5. The van der Waals surface area contributed by atoms with Gasteiger partial charge in [0.1, 0.15) is 12.4 Å². The smallest absolute Gasteiger partial charge is 0.253 e. The number of amides is 1. The summed E-state index contributed by atoms with van der Waals surface area (Å²) < 4.78 is 5.84. The molecule has 32 heavy (non-hydrogen) atoms. The molecule has 0 saturated heterocycles. The Hall–Kier alpha value is -3.06. The summed E-state index contributed by atoms with van der Waals surface area (Å²) in [5.74, 6) is 1.61. The van der Waals surface area contributed by atoms with Gasteiger partial charge in [0.05, 0.1) is 0 Å². The van der Waals surface area contributed by atoms with Gasteiger partial charge in [0, 0.05) is 46.3 Å². The molecule has 2 N–H and O–H groups in total. The predicted molar refractivity (Wildman–Crippen MR) is 131 cm³/mol. The lowest BCUT2D eigenvalue weighted by molar-refractivity contribution is 0.0827. The highest BCUT2D eigenvalue weighted by Gasteiger charge is 2.07. The van der Waals surface area contributed by atoms with Gasteiger partial charge < -0.3 is 25.2 Å². The molecule has 7 nitrogen and oxygen atoms in total. The Morgan fingerprint density at radius 1 is 0.906 bits per heavy atom. The largest absolute Gasteiger partial charge is 0.492 e. The lowest BCUT2D eigenvalue weighted by atomic mass is 10.1. The summed E-state index contributed by atoms with van der Waals surface area (Å²) in [5, 5.41) is 6.63. The average Bonchev–Trinajstić information content (AvgIpc) is 2.82. The van der Waals surface area contributed by atoms with Gasteiger partial charge in [0.25, 0.3) is 5.91 Å². The second kappa shape index (κ2) is 13.4. The van der Waals surface area contributed by atoms with Crippen LogP contribution in [0.25, 0.3) is 0 Å². The summed E-state index contributed by atoms with van der Waals surface area (Å²) >= 11 is 0. The molecular formula is C25H37N5O2. The number of likely N-dealkylation sites (N-methyl/N-ethyl adjacent to an activating group) is 1. The van der Waals surface area contributed by atoms with Gasteiger partial charge in [-0.05, 0) is 48.5 Å². The molecule has 2 aromatic rings. The summed E-state index contributed by atoms with van der Waals surface area (Å²) in [5.41, 5.74) is 2.91. The van der Waals surface area contributed by atoms with Crippen molar-refractivity contribution in [1.29, 1.82) is 0 Å². The average molecular weight is 440 g/mol. The number of hydrogen-bond donors (Lipinski definition) is 2. The van der Waals surface area contributed by atoms with E-state index in [1.54, 1.807) is 26.0 Å². The van der Waals surface area contributed by atoms with Gasteiger partial charge in [-0.3, -0.25) is 9.79 Å². The molecule has 0 aromatic heterocycles. The molecule has 0 fully saturated rings. The molecule has 2 rings (SSSR count). The first-order valence-electron chi connectivity index (χ1n) is 11.2. The van der Waals surface area contributed by atoms with Crippen molar-refractivity contribution in [2.75, 3.05) is 47.4 Å². The predicted octanol–water partition coefficient (Wildman–Crippen LogP) is 2.97. The fourth-order valence-corrected chi connectivity index (χ4v) is 3.15. The number of carbonyl (C=O) groups is 1. The van der Waals surface area contributed by atoms with E-state index in [2.05, 4.69) is 46.5 Å². The van der Waals surface area contributed by atoms with Crippen LogP contribution >= 0.6 is 0 Å². The van der Waals surface area contributed by atoms with Crippen LogP contribution in [0.3, 0.4) is 0 Å². The van der Waals surface area contributed by atoms with Crippen molar-refractivity contribution in [1.82, 2.24) is 20.4 Å². The number of hydrogen-bond acceptors (Lipinski definition) is 4. The lowest BCUT2D eigenvalue weighted by Crippen LogP contribution is -2.36. The minimum atomic E-state index is 0.00213. The molecule has 2 aromatic carbocycles. The number of nitrogens with one attached hydrogen (secondary N) is 2. The van der Waals surface area contributed by atoms with Gasteiger partial charge >= 0.3 is 0 Å². The molecule has 0 bridgehead atoms. The minimum Gasteiger partial charge on any atom is -0.492 e. The molecule has 0 spiro atoms. The first kappa shape index (κ1) is 25.2. The zero-order valence-corrected chi connectivity index (χ0v) is 20.0. The zero-order chi connectivity index (χ0) is 23.3. The third-order valence-electron chi connectivity index (χ3n) is 5.24.